The average Bonchev–Trinajstić information content (AvgIpc) is 3.20. The van der Waals surface area contributed by atoms with Crippen LogP contribution in [0.4, 0.5) is 4.39 Å². The van der Waals surface area contributed by atoms with Crippen LogP contribution in [-0.4, -0.2) is 65.2 Å². The fraction of sp³-hybridized carbons (Fsp3) is 0.571. The summed E-state index contributed by atoms with van der Waals surface area (Å²) in [6.07, 6.45) is 0.611. The largest absolute Gasteiger partial charge is 0.357 e. The van der Waals surface area contributed by atoms with Gasteiger partial charge in [-0.3, -0.25) is 9.89 Å². The molecule has 7 nitrogen and oxygen atoms in total. The molecule has 0 spiro atoms. The van der Waals surface area contributed by atoms with Gasteiger partial charge in [0, 0.05) is 62.2 Å². The van der Waals surface area contributed by atoms with E-state index in [-0.39, 0.29) is 35.7 Å². The van der Waals surface area contributed by atoms with Gasteiger partial charge in [0.05, 0.1) is 6.54 Å². The molecule has 2 heterocycles. The number of hydrogen-bond donors (Lipinski definition) is 1. The van der Waals surface area contributed by atoms with Gasteiger partial charge < -0.3 is 14.7 Å². The maximum absolute atomic E-state index is 14.1. The molecule has 1 saturated heterocycles. The summed E-state index contributed by atoms with van der Waals surface area (Å²) in [6, 6.07) is 4.83. The highest BCUT2D eigenvalue weighted by Gasteiger charge is 2.21. The number of aliphatic imine (C=N–C) groups is 1. The number of nitrogens with zero attached hydrogens (tertiary/aromatic N) is 5. The monoisotopic (exact) mass is 564 g/mol. The molecule has 1 aromatic carbocycles. The van der Waals surface area contributed by atoms with E-state index in [2.05, 4.69) is 32.2 Å². The van der Waals surface area contributed by atoms with Gasteiger partial charge in [-0.2, -0.15) is 4.98 Å². The van der Waals surface area contributed by atoms with E-state index in [0.29, 0.717) is 36.0 Å². The van der Waals surface area contributed by atoms with E-state index in [1.807, 2.05) is 13.8 Å². The van der Waals surface area contributed by atoms with Crippen molar-refractivity contribution >= 4 is 41.5 Å². The number of aromatic nitrogens is 2. The van der Waals surface area contributed by atoms with Crippen LogP contribution in [0.5, 0.6) is 0 Å². The first-order valence-corrected chi connectivity index (χ1v) is 10.9. The lowest BCUT2D eigenvalue weighted by Gasteiger charge is -2.36. The van der Waals surface area contributed by atoms with E-state index in [0.717, 1.165) is 44.5 Å². The summed E-state index contributed by atoms with van der Waals surface area (Å²) in [4.78, 5) is 13.6. The van der Waals surface area contributed by atoms with Crippen molar-refractivity contribution in [1.29, 1.82) is 0 Å². The van der Waals surface area contributed by atoms with Gasteiger partial charge in [0.25, 0.3) is 0 Å². The Hall–Kier alpha value is -1.46. The van der Waals surface area contributed by atoms with Gasteiger partial charge in [0.15, 0.2) is 11.8 Å². The third-order valence-corrected chi connectivity index (χ3v) is 5.39. The van der Waals surface area contributed by atoms with Crippen LogP contribution in [0.2, 0.25) is 5.02 Å². The summed E-state index contributed by atoms with van der Waals surface area (Å²) in [5.41, 5.74) is 0.563. The van der Waals surface area contributed by atoms with E-state index in [4.69, 9.17) is 21.1 Å². The van der Waals surface area contributed by atoms with Crippen LogP contribution >= 0.6 is 35.6 Å². The third-order valence-electron chi connectivity index (χ3n) is 5.04. The molecular formula is C21H31ClFIN6O. The van der Waals surface area contributed by atoms with Crippen molar-refractivity contribution in [3.05, 3.63) is 46.3 Å². The lowest BCUT2D eigenvalue weighted by atomic mass is 10.2. The molecule has 1 N–H and O–H groups in total. The number of rotatable bonds is 7. The van der Waals surface area contributed by atoms with E-state index >= 15 is 0 Å². The van der Waals surface area contributed by atoms with Crippen LogP contribution in [0.3, 0.4) is 0 Å². The highest BCUT2D eigenvalue weighted by molar-refractivity contribution is 14.0. The standard InChI is InChI=1S/C21H30ClFN6O.HI/c1-4-24-21(25-9-8-19-26-20(15(2)3)27-30-19)29-12-10-28(11-13-29)14-16-17(22)6-5-7-18(16)23;/h5-7,15H,4,8-14H2,1-3H3,(H,24,25);1H. The molecule has 10 heteroatoms. The molecule has 1 aromatic heterocycles. The Labute approximate surface area is 205 Å². The normalized spacial score (nSPS) is 15.3. The maximum atomic E-state index is 14.1. The van der Waals surface area contributed by atoms with Crippen molar-refractivity contribution in [1.82, 2.24) is 25.3 Å². The van der Waals surface area contributed by atoms with Crippen LogP contribution in [-0.2, 0) is 13.0 Å². The zero-order chi connectivity index (χ0) is 21.5. The first-order valence-electron chi connectivity index (χ1n) is 10.5. The fourth-order valence-electron chi connectivity index (χ4n) is 3.31. The highest BCUT2D eigenvalue weighted by atomic mass is 127. The van der Waals surface area contributed by atoms with Gasteiger partial charge in [-0.1, -0.05) is 36.7 Å². The lowest BCUT2D eigenvalue weighted by molar-refractivity contribution is 0.171. The molecular weight excluding hydrogens is 534 g/mol. The van der Waals surface area contributed by atoms with Gasteiger partial charge in [-0.15, -0.1) is 24.0 Å². The third kappa shape index (κ3) is 7.28. The summed E-state index contributed by atoms with van der Waals surface area (Å²) in [6.45, 7) is 11.3. The quantitative estimate of drug-likeness (QED) is 0.312. The molecule has 0 radical (unpaired) electrons. The Bertz CT molecular complexity index is 834. The summed E-state index contributed by atoms with van der Waals surface area (Å²) in [7, 11) is 0. The van der Waals surface area contributed by atoms with Gasteiger partial charge in [-0.05, 0) is 19.1 Å². The predicted molar refractivity (Wildman–Crippen MR) is 132 cm³/mol. The zero-order valence-corrected chi connectivity index (χ0v) is 21.4. The van der Waals surface area contributed by atoms with E-state index in [9.17, 15) is 4.39 Å². The Morgan fingerprint density at radius 2 is 2.03 bits per heavy atom. The number of guanidine groups is 1. The molecule has 0 saturated carbocycles. The Morgan fingerprint density at radius 1 is 1.29 bits per heavy atom. The van der Waals surface area contributed by atoms with Gasteiger partial charge in [-0.25, -0.2) is 4.39 Å². The van der Waals surface area contributed by atoms with E-state index < -0.39 is 0 Å². The van der Waals surface area contributed by atoms with Crippen molar-refractivity contribution in [2.24, 2.45) is 4.99 Å². The number of piperazine rings is 1. The zero-order valence-electron chi connectivity index (χ0n) is 18.3. The predicted octanol–water partition coefficient (Wildman–Crippen LogP) is 3.93. The molecule has 1 aliphatic heterocycles. The molecule has 0 aliphatic carbocycles. The van der Waals surface area contributed by atoms with Crippen LogP contribution in [0, 0.1) is 5.82 Å². The second kappa shape index (κ2) is 12.5. The Balaban J connectivity index is 0.00000341. The number of halogens is 3. The molecule has 1 aliphatic rings. The Morgan fingerprint density at radius 3 is 2.65 bits per heavy atom. The summed E-state index contributed by atoms with van der Waals surface area (Å²) < 4.78 is 19.4. The molecule has 3 rings (SSSR count). The molecule has 2 aromatic rings. The van der Waals surface area contributed by atoms with Crippen LogP contribution in [0.15, 0.2) is 27.7 Å². The van der Waals surface area contributed by atoms with Crippen LogP contribution < -0.4 is 5.32 Å². The smallest absolute Gasteiger partial charge is 0.228 e. The topological polar surface area (TPSA) is 69.8 Å². The minimum atomic E-state index is -0.249. The molecule has 0 amide bonds. The van der Waals surface area contributed by atoms with Crippen molar-refractivity contribution in [2.45, 2.75) is 39.7 Å². The van der Waals surface area contributed by atoms with E-state index in [1.165, 1.54) is 6.07 Å². The van der Waals surface area contributed by atoms with Crippen molar-refractivity contribution < 1.29 is 8.91 Å². The minimum Gasteiger partial charge on any atom is -0.357 e. The number of nitrogens with one attached hydrogen (secondary N) is 1. The summed E-state index contributed by atoms with van der Waals surface area (Å²) in [5.74, 6) is 2.22. The number of benzene rings is 1. The van der Waals surface area contributed by atoms with Crippen molar-refractivity contribution in [2.75, 3.05) is 39.3 Å². The SMILES string of the molecule is CCNC(=NCCc1nc(C(C)C)no1)N1CCN(Cc2c(F)cccc2Cl)CC1.I. The second-order valence-corrected chi connectivity index (χ2v) is 8.06. The second-order valence-electron chi connectivity index (χ2n) is 7.65. The van der Waals surface area contributed by atoms with Gasteiger partial charge >= 0.3 is 0 Å². The Kier molecular flexibility index (Phi) is 10.4. The average molecular weight is 565 g/mol. The summed E-state index contributed by atoms with van der Waals surface area (Å²) >= 11 is 6.17. The number of hydrogen-bond acceptors (Lipinski definition) is 5. The van der Waals surface area contributed by atoms with Crippen LogP contribution in [0.1, 0.15) is 44.0 Å². The fourth-order valence-corrected chi connectivity index (χ4v) is 3.53. The van der Waals surface area contributed by atoms with Gasteiger partial charge in [0.2, 0.25) is 5.89 Å². The van der Waals surface area contributed by atoms with Crippen molar-refractivity contribution in [3.8, 4) is 0 Å². The molecule has 0 unspecified atom stereocenters. The summed E-state index contributed by atoms with van der Waals surface area (Å²) in [5, 5.41) is 7.83. The van der Waals surface area contributed by atoms with Crippen molar-refractivity contribution in [3.63, 3.8) is 0 Å². The maximum Gasteiger partial charge on any atom is 0.228 e. The van der Waals surface area contributed by atoms with Gasteiger partial charge in [0.1, 0.15) is 5.82 Å². The molecule has 31 heavy (non-hydrogen) atoms. The van der Waals surface area contributed by atoms with E-state index in [1.54, 1.807) is 12.1 Å². The highest BCUT2D eigenvalue weighted by Crippen LogP contribution is 2.21. The first-order chi connectivity index (χ1) is 14.5. The first kappa shape index (κ1) is 25.8. The minimum absolute atomic E-state index is 0. The molecule has 1 fully saturated rings. The van der Waals surface area contributed by atoms with Crippen LogP contribution in [0.25, 0.3) is 0 Å². The molecule has 0 bridgehead atoms. The molecule has 0 atom stereocenters. The lowest BCUT2D eigenvalue weighted by Crippen LogP contribution is -2.52. The molecule has 172 valence electrons.